The lowest BCUT2D eigenvalue weighted by molar-refractivity contribution is -0.120. The first-order valence-corrected chi connectivity index (χ1v) is 8.41. The molecule has 0 bridgehead atoms. The van der Waals surface area contributed by atoms with E-state index in [1.165, 1.54) is 0 Å². The number of sulfonamides is 1. The third kappa shape index (κ3) is 6.65. The van der Waals surface area contributed by atoms with Crippen molar-refractivity contribution in [1.29, 1.82) is 0 Å². The lowest BCUT2D eigenvalue weighted by atomic mass is 10.1. The van der Waals surface area contributed by atoms with Gasteiger partial charge >= 0.3 is 0 Å². The topological polar surface area (TPSA) is 101 Å². The Labute approximate surface area is 130 Å². The number of nitrogens with two attached hydrogens (primary N) is 1. The van der Waals surface area contributed by atoms with E-state index in [0.717, 1.165) is 0 Å². The van der Waals surface area contributed by atoms with Crippen LogP contribution in [0, 0.1) is 0 Å². The fraction of sp³-hybridized carbons (Fsp3) is 0.385. The van der Waals surface area contributed by atoms with Gasteiger partial charge in [0.05, 0.1) is 12.3 Å². The van der Waals surface area contributed by atoms with Gasteiger partial charge in [-0.15, -0.1) is 0 Å². The van der Waals surface area contributed by atoms with Gasteiger partial charge in [-0.1, -0.05) is 30.4 Å². The molecule has 1 aromatic carbocycles. The summed E-state index contributed by atoms with van der Waals surface area (Å²) in [7, 11) is -3.60. The van der Waals surface area contributed by atoms with Gasteiger partial charge < -0.3 is 11.1 Å². The standard InChI is InChI=1S/C13H19N3O3S2/c1-9(2)16-12(17)7-15-21(18,19)8-10-4-3-5-11(6-10)13(14)20/h3-6,9,15H,7-8H2,1-2H3,(H2,14,20)(H,16,17). The largest absolute Gasteiger partial charge is 0.389 e. The average molecular weight is 329 g/mol. The molecular formula is C13H19N3O3S2. The number of hydrogen-bond acceptors (Lipinski definition) is 4. The second kappa shape index (κ2) is 7.48. The monoisotopic (exact) mass is 329 g/mol. The van der Waals surface area contributed by atoms with E-state index in [2.05, 4.69) is 10.0 Å². The van der Waals surface area contributed by atoms with Crippen LogP contribution >= 0.6 is 12.2 Å². The van der Waals surface area contributed by atoms with Crippen molar-refractivity contribution in [2.75, 3.05) is 6.54 Å². The number of hydrogen-bond donors (Lipinski definition) is 3. The summed E-state index contributed by atoms with van der Waals surface area (Å²) in [6.07, 6.45) is 0. The second-order valence-corrected chi connectivity index (χ2v) is 7.11. The maximum absolute atomic E-state index is 11.9. The highest BCUT2D eigenvalue weighted by molar-refractivity contribution is 7.88. The molecule has 1 aromatic rings. The van der Waals surface area contributed by atoms with Gasteiger partial charge in [0.25, 0.3) is 0 Å². The number of amides is 1. The van der Waals surface area contributed by atoms with Crippen LogP contribution in [-0.4, -0.2) is 31.9 Å². The Morgan fingerprint density at radius 2 is 2.05 bits per heavy atom. The van der Waals surface area contributed by atoms with E-state index in [1.807, 2.05) is 0 Å². The first-order chi connectivity index (χ1) is 9.69. The molecule has 0 spiro atoms. The first kappa shape index (κ1) is 17.5. The molecule has 0 aromatic heterocycles. The quantitative estimate of drug-likeness (QED) is 0.623. The van der Waals surface area contributed by atoms with E-state index in [1.54, 1.807) is 38.1 Å². The highest BCUT2D eigenvalue weighted by Crippen LogP contribution is 2.08. The van der Waals surface area contributed by atoms with Crippen molar-refractivity contribution >= 4 is 33.1 Å². The van der Waals surface area contributed by atoms with Crippen molar-refractivity contribution in [1.82, 2.24) is 10.0 Å². The Hall–Kier alpha value is -1.51. The molecule has 116 valence electrons. The van der Waals surface area contributed by atoms with E-state index >= 15 is 0 Å². The van der Waals surface area contributed by atoms with Gasteiger partial charge in [0, 0.05) is 11.6 Å². The maximum atomic E-state index is 11.9. The van der Waals surface area contributed by atoms with Gasteiger partial charge in [0.15, 0.2) is 0 Å². The number of nitrogens with one attached hydrogen (secondary N) is 2. The van der Waals surface area contributed by atoms with Crippen molar-refractivity contribution in [2.24, 2.45) is 5.73 Å². The van der Waals surface area contributed by atoms with Gasteiger partial charge in [-0.2, -0.15) is 0 Å². The first-order valence-electron chi connectivity index (χ1n) is 6.35. The molecule has 1 rings (SSSR count). The van der Waals surface area contributed by atoms with Crippen molar-refractivity contribution < 1.29 is 13.2 Å². The summed E-state index contributed by atoms with van der Waals surface area (Å²) in [5, 5.41) is 2.60. The van der Waals surface area contributed by atoms with Crippen LogP contribution in [-0.2, 0) is 20.6 Å². The van der Waals surface area contributed by atoms with Crippen molar-refractivity contribution in [2.45, 2.75) is 25.6 Å². The summed E-state index contributed by atoms with van der Waals surface area (Å²) >= 11 is 4.85. The van der Waals surface area contributed by atoms with E-state index in [-0.39, 0.29) is 29.2 Å². The molecule has 8 heteroatoms. The molecule has 0 aliphatic carbocycles. The van der Waals surface area contributed by atoms with Gasteiger partial charge in [0.2, 0.25) is 15.9 Å². The molecule has 21 heavy (non-hydrogen) atoms. The smallest absolute Gasteiger partial charge is 0.235 e. The lowest BCUT2D eigenvalue weighted by Crippen LogP contribution is -2.40. The lowest BCUT2D eigenvalue weighted by Gasteiger charge is -2.10. The summed E-state index contributed by atoms with van der Waals surface area (Å²) in [5.41, 5.74) is 6.66. The van der Waals surface area contributed by atoms with Crippen LogP contribution in [0.3, 0.4) is 0 Å². The van der Waals surface area contributed by atoms with Crippen LogP contribution in [0.15, 0.2) is 24.3 Å². The number of benzene rings is 1. The van der Waals surface area contributed by atoms with Crippen molar-refractivity contribution in [3.8, 4) is 0 Å². The second-order valence-electron chi connectivity index (χ2n) is 4.87. The Morgan fingerprint density at radius 1 is 1.38 bits per heavy atom. The summed E-state index contributed by atoms with van der Waals surface area (Å²) in [6.45, 7) is 3.32. The molecule has 0 saturated heterocycles. The van der Waals surface area contributed by atoms with E-state index < -0.39 is 10.0 Å². The molecular weight excluding hydrogens is 310 g/mol. The molecule has 0 aliphatic heterocycles. The minimum atomic E-state index is -3.60. The van der Waals surface area contributed by atoms with Crippen molar-refractivity contribution in [3.63, 3.8) is 0 Å². The maximum Gasteiger partial charge on any atom is 0.235 e. The minimum absolute atomic E-state index is 0.0377. The molecule has 6 nitrogen and oxygen atoms in total. The Balaban J connectivity index is 2.66. The fourth-order valence-electron chi connectivity index (χ4n) is 1.63. The predicted molar refractivity (Wildman–Crippen MR) is 86.2 cm³/mol. The zero-order valence-electron chi connectivity index (χ0n) is 11.9. The van der Waals surface area contributed by atoms with Gasteiger partial charge in [-0.25, -0.2) is 13.1 Å². The summed E-state index contributed by atoms with van der Waals surface area (Å²) in [5.74, 6) is -0.608. The van der Waals surface area contributed by atoms with E-state index in [9.17, 15) is 13.2 Å². The molecule has 0 heterocycles. The summed E-state index contributed by atoms with van der Waals surface area (Å²) < 4.78 is 26.1. The third-order valence-electron chi connectivity index (χ3n) is 2.47. The molecule has 4 N–H and O–H groups in total. The van der Waals surface area contributed by atoms with Gasteiger partial charge in [0.1, 0.15) is 4.99 Å². The van der Waals surface area contributed by atoms with Crippen LogP contribution in [0.2, 0.25) is 0 Å². The Morgan fingerprint density at radius 3 is 2.62 bits per heavy atom. The number of thiocarbonyl (C=S) groups is 1. The minimum Gasteiger partial charge on any atom is -0.389 e. The average Bonchev–Trinajstić information content (AvgIpc) is 2.35. The van der Waals surface area contributed by atoms with Crippen LogP contribution in [0.25, 0.3) is 0 Å². The van der Waals surface area contributed by atoms with Gasteiger partial charge in [-0.05, 0) is 25.5 Å². The molecule has 0 unspecified atom stereocenters. The van der Waals surface area contributed by atoms with Gasteiger partial charge in [-0.3, -0.25) is 4.79 Å². The Kier molecular flexibility index (Phi) is 6.25. The van der Waals surface area contributed by atoms with Crippen LogP contribution in [0.1, 0.15) is 25.0 Å². The summed E-state index contributed by atoms with van der Waals surface area (Å²) in [4.78, 5) is 11.6. The summed E-state index contributed by atoms with van der Waals surface area (Å²) in [6, 6.07) is 6.64. The SMILES string of the molecule is CC(C)NC(=O)CNS(=O)(=O)Cc1cccc(C(N)=S)c1. The molecule has 0 atom stereocenters. The normalized spacial score (nSPS) is 11.4. The predicted octanol–water partition coefficient (Wildman–Crippen LogP) is 0.265. The van der Waals surface area contributed by atoms with E-state index in [4.69, 9.17) is 18.0 Å². The molecule has 0 aliphatic rings. The molecule has 0 fully saturated rings. The zero-order valence-corrected chi connectivity index (χ0v) is 13.6. The Bertz CT molecular complexity index is 627. The zero-order chi connectivity index (χ0) is 16.0. The number of rotatable bonds is 7. The number of carbonyl (C=O) groups excluding carboxylic acids is 1. The third-order valence-corrected chi connectivity index (χ3v) is 4.00. The van der Waals surface area contributed by atoms with Crippen LogP contribution in [0.4, 0.5) is 0 Å². The fourth-order valence-corrected chi connectivity index (χ4v) is 2.83. The molecule has 1 amide bonds. The number of carbonyl (C=O) groups is 1. The van der Waals surface area contributed by atoms with Crippen LogP contribution < -0.4 is 15.8 Å². The highest BCUT2D eigenvalue weighted by atomic mass is 32.2. The molecule has 0 radical (unpaired) electrons. The van der Waals surface area contributed by atoms with E-state index in [0.29, 0.717) is 11.1 Å². The molecule has 0 saturated carbocycles. The highest BCUT2D eigenvalue weighted by Gasteiger charge is 2.14. The van der Waals surface area contributed by atoms with Crippen molar-refractivity contribution in [3.05, 3.63) is 35.4 Å². The van der Waals surface area contributed by atoms with Crippen LogP contribution in [0.5, 0.6) is 0 Å².